The highest BCUT2D eigenvalue weighted by Crippen LogP contribution is 2.35. The predicted octanol–water partition coefficient (Wildman–Crippen LogP) is 4.13. The molecule has 182 valence electrons. The average Bonchev–Trinajstić information content (AvgIpc) is 3.15. The maximum Gasteiger partial charge on any atom is 0.338 e. The van der Waals surface area contributed by atoms with Gasteiger partial charge in [-0.15, -0.1) is 0 Å². The SMILES string of the molecule is CCOC(=O)C1=C(C)N=c2s/c(=C/c3cc(Br)c(O)cc3O)c(=O)n2[C@@H]1c1cccc2ccccc12. The van der Waals surface area contributed by atoms with Crippen molar-refractivity contribution in [3.8, 4) is 11.5 Å². The first-order valence-electron chi connectivity index (χ1n) is 11.2. The summed E-state index contributed by atoms with van der Waals surface area (Å²) < 4.78 is 7.60. The fourth-order valence-electron chi connectivity index (χ4n) is 4.40. The molecule has 0 radical (unpaired) electrons. The fraction of sp³-hybridized carbons (Fsp3) is 0.148. The second-order valence-electron chi connectivity index (χ2n) is 8.23. The van der Waals surface area contributed by atoms with Crippen molar-refractivity contribution in [2.45, 2.75) is 19.9 Å². The van der Waals surface area contributed by atoms with Crippen molar-refractivity contribution in [2.75, 3.05) is 6.61 Å². The lowest BCUT2D eigenvalue weighted by molar-refractivity contribution is -0.139. The van der Waals surface area contributed by atoms with E-state index in [1.165, 1.54) is 16.7 Å². The van der Waals surface area contributed by atoms with E-state index in [9.17, 15) is 19.8 Å². The van der Waals surface area contributed by atoms with Crippen molar-refractivity contribution in [2.24, 2.45) is 4.99 Å². The van der Waals surface area contributed by atoms with Crippen LogP contribution in [-0.2, 0) is 9.53 Å². The third kappa shape index (κ3) is 4.04. The van der Waals surface area contributed by atoms with Crippen LogP contribution in [0.15, 0.2) is 80.1 Å². The number of hydrogen-bond donors (Lipinski definition) is 2. The zero-order valence-corrected chi connectivity index (χ0v) is 21.8. The number of esters is 1. The highest BCUT2D eigenvalue weighted by molar-refractivity contribution is 9.10. The monoisotopic (exact) mass is 564 g/mol. The second-order valence-corrected chi connectivity index (χ2v) is 10.1. The summed E-state index contributed by atoms with van der Waals surface area (Å²) in [7, 11) is 0. The maximum absolute atomic E-state index is 13.8. The third-order valence-electron chi connectivity index (χ3n) is 6.02. The van der Waals surface area contributed by atoms with Crippen LogP contribution >= 0.6 is 27.3 Å². The Morgan fingerprint density at radius 2 is 1.92 bits per heavy atom. The Morgan fingerprint density at radius 3 is 2.69 bits per heavy atom. The van der Waals surface area contributed by atoms with E-state index in [1.54, 1.807) is 19.9 Å². The number of allylic oxidation sites excluding steroid dienone is 1. The van der Waals surface area contributed by atoms with Gasteiger partial charge in [-0.25, -0.2) is 9.79 Å². The molecule has 0 spiro atoms. The lowest BCUT2D eigenvalue weighted by Gasteiger charge is -2.25. The molecule has 9 heteroatoms. The Balaban J connectivity index is 1.81. The van der Waals surface area contributed by atoms with Crippen LogP contribution in [0.25, 0.3) is 16.8 Å². The van der Waals surface area contributed by atoms with Gasteiger partial charge in [-0.2, -0.15) is 0 Å². The molecule has 7 nitrogen and oxygen atoms in total. The first kappa shape index (κ1) is 24.0. The summed E-state index contributed by atoms with van der Waals surface area (Å²) in [5.41, 5.74) is 1.58. The number of phenolic OH excluding ortho intramolecular Hbond substituents is 2. The molecule has 2 N–H and O–H groups in total. The van der Waals surface area contributed by atoms with E-state index in [-0.39, 0.29) is 23.7 Å². The summed E-state index contributed by atoms with van der Waals surface area (Å²) in [4.78, 5) is 32.0. The van der Waals surface area contributed by atoms with E-state index in [0.29, 0.717) is 30.6 Å². The minimum absolute atomic E-state index is 0.114. The number of halogens is 1. The molecule has 0 bridgehead atoms. The first-order chi connectivity index (χ1) is 17.3. The summed E-state index contributed by atoms with van der Waals surface area (Å²) in [6, 6.07) is 15.6. The Bertz CT molecular complexity index is 1750. The molecule has 0 fully saturated rings. The number of ether oxygens (including phenoxy) is 1. The molecule has 1 aliphatic heterocycles. The number of carbonyl (C=O) groups is 1. The third-order valence-corrected chi connectivity index (χ3v) is 7.64. The number of aromatic hydroxyl groups is 2. The summed E-state index contributed by atoms with van der Waals surface area (Å²) >= 11 is 4.40. The molecule has 4 aromatic rings. The number of nitrogens with zero attached hydrogens (tertiary/aromatic N) is 2. The summed E-state index contributed by atoms with van der Waals surface area (Å²) in [6.07, 6.45) is 1.55. The van der Waals surface area contributed by atoms with Crippen LogP contribution in [0.4, 0.5) is 0 Å². The predicted molar refractivity (Wildman–Crippen MR) is 142 cm³/mol. The van der Waals surface area contributed by atoms with Crippen molar-refractivity contribution in [1.82, 2.24) is 4.57 Å². The standard InChI is InChI=1S/C27H21BrN2O5S/c1-3-35-26(34)23-14(2)29-27-30(24(23)18-10-6-8-15-7-4-5-9-17(15)18)25(33)22(36-27)12-16-11-19(28)21(32)13-20(16)31/h4-13,24,31-32H,3H2,1-2H3/b22-12+/t24-/m1/s1. The lowest BCUT2D eigenvalue weighted by atomic mass is 9.91. The highest BCUT2D eigenvalue weighted by Gasteiger charge is 2.34. The van der Waals surface area contributed by atoms with Crippen LogP contribution in [-0.4, -0.2) is 27.4 Å². The minimum atomic E-state index is -0.742. The largest absolute Gasteiger partial charge is 0.507 e. The van der Waals surface area contributed by atoms with E-state index in [0.717, 1.165) is 27.7 Å². The van der Waals surface area contributed by atoms with Crippen molar-refractivity contribution < 1.29 is 19.7 Å². The molecule has 0 aliphatic carbocycles. The molecular formula is C27H21BrN2O5S. The van der Waals surface area contributed by atoms with E-state index in [2.05, 4.69) is 20.9 Å². The second kappa shape index (κ2) is 9.40. The van der Waals surface area contributed by atoms with Gasteiger partial charge in [0.1, 0.15) is 11.5 Å². The van der Waals surface area contributed by atoms with Gasteiger partial charge in [0, 0.05) is 11.6 Å². The van der Waals surface area contributed by atoms with Gasteiger partial charge in [-0.1, -0.05) is 53.8 Å². The average molecular weight is 565 g/mol. The molecular weight excluding hydrogens is 544 g/mol. The molecule has 5 rings (SSSR count). The summed E-state index contributed by atoms with van der Waals surface area (Å²) in [5, 5.41) is 22.1. The van der Waals surface area contributed by atoms with Crippen LogP contribution in [0.5, 0.6) is 11.5 Å². The molecule has 3 aromatic carbocycles. The van der Waals surface area contributed by atoms with E-state index in [4.69, 9.17) is 4.74 Å². The molecule has 36 heavy (non-hydrogen) atoms. The van der Waals surface area contributed by atoms with Crippen LogP contribution in [0.3, 0.4) is 0 Å². The van der Waals surface area contributed by atoms with Gasteiger partial charge < -0.3 is 14.9 Å². The quantitative estimate of drug-likeness (QED) is 0.363. The Kier molecular flexibility index (Phi) is 6.27. The normalized spacial score (nSPS) is 15.6. The van der Waals surface area contributed by atoms with E-state index in [1.807, 2.05) is 42.5 Å². The number of hydrogen-bond acceptors (Lipinski definition) is 7. The number of phenols is 2. The molecule has 1 aliphatic rings. The number of rotatable bonds is 4. The molecule has 0 saturated heterocycles. The lowest BCUT2D eigenvalue weighted by Crippen LogP contribution is -2.40. The summed E-state index contributed by atoms with van der Waals surface area (Å²) in [6.45, 7) is 3.67. The van der Waals surface area contributed by atoms with Crippen molar-refractivity contribution >= 4 is 50.1 Å². The van der Waals surface area contributed by atoms with Crippen LogP contribution < -0.4 is 14.9 Å². The Hall–Kier alpha value is -3.69. The molecule has 1 aromatic heterocycles. The number of aromatic nitrogens is 1. The van der Waals surface area contributed by atoms with Gasteiger partial charge in [0.15, 0.2) is 4.80 Å². The van der Waals surface area contributed by atoms with E-state index < -0.39 is 12.0 Å². The zero-order valence-electron chi connectivity index (χ0n) is 19.4. The van der Waals surface area contributed by atoms with Gasteiger partial charge in [0.25, 0.3) is 5.56 Å². The molecule has 1 atom stereocenters. The Labute approximate surface area is 218 Å². The number of thiazole rings is 1. The molecule has 0 saturated carbocycles. The summed E-state index contributed by atoms with van der Waals surface area (Å²) in [5.74, 6) is -0.807. The molecule has 2 heterocycles. The van der Waals surface area contributed by atoms with Crippen molar-refractivity contribution in [1.29, 1.82) is 0 Å². The van der Waals surface area contributed by atoms with Crippen molar-refractivity contribution in [3.63, 3.8) is 0 Å². The van der Waals surface area contributed by atoms with Gasteiger partial charge >= 0.3 is 5.97 Å². The smallest absolute Gasteiger partial charge is 0.338 e. The zero-order chi connectivity index (χ0) is 25.6. The molecule has 0 amide bonds. The van der Waals surface area contributed by atoms with Crippen LogP contribution in [0.2, 0.25) is 0 Å². The van der Waals surface area contributed by atoms with E-state index >= 15 is 0 Å². The number of benzene rings is 3. The topological polar surface area (TPSA) is 101 Å². The van der Waals surface area contributed by atoms with Gasteiger partial charge in [-0.05, 0) is 58.3 Å². The maximum atomic E-state index is 13.8. The van der Waals surface area contributed by atoms with Gasteiger partial charge in [0.05, 0.1) is 32.9 Å². The minimum Gasteiger partial charge on any atom is -0.507 e. The Morgan fingerprint density at radius 1 is 1.17 bits per heavy atom. The number of carbonyl (C=O) groups excluding carboxylic acids is 1. The fourth-order valence-corrected chi connectivity index (χ4v) is 5.80. The highest BCUT2D eigenvalue weighted by atomic mass is 79.9. The van der Waals surface area contributed by atoms with Crippen LogP contribution in [0, 0.1) is 0 Å². The van der Waals surface area contributed by atoms with Gasteiger partial charge in [-0.3, -0.25) is 9.36 Å². The van der Waals surface area contributed by atoms with Crippen molar-refractivity contribution in [3.05, 3.63) is 101 Å². The number of fused-ring (bicyclic) bond motifs is 2. The molecule has 0 unspecified atom stereocenters. The van der Waals surface area contributed by atoms with Gasteiger partial charge in [0.2, 0.25) is 0 Å². The first-order valence-corrected chi connectivity index (χ1v) is 12.8. The van der Waals surface area contributed by atoms with Crippen LogP contribution in [0.1, 0.15) is 31.0 Å².